The molecule has 3 heterocycles. The Morgan fingerprint density at radius 2 is 1.95 bits per heavy atom. The van der Waals surface area contributed by atoms with Crippen LogP contribution in [0.15, 0.2) is 53.7 Å². The Kier molecular flexibility index (Phi) is 3.44. The highest BCUT2D eigenvalue weighted by Gasteiger charge is 2.18. The van der Waals surface area contributed by atoms with Gasteiger partial charge in [-0.3, -0.25) is 0 Å². The Morgan fingerprint density at radius 1 is 1.05 bits per heavy atom. The molecule has 4 rings (SSSR count). The number of hydrogen-bond donors (Lipinski definition) is 1. The first-order chi connectivity index (χ1) is 10.8. The summed E-state index contributed by atoms with van der Waals surface area (Å²) in [6, 6.07) is 11.9. The number of fused-ring (bicyclic) bond motifs is 3. The topological polar surface area (TPSA) is 50.7 Å². The number of benzene rings is 1. The van der Waals surface area contributed by atoms with Gasteiger partial charge in [0.15, 0.2) is 0 Å². The predicted molar refractivity (Wildman–Crippen MR) is 89.6 cm³/mol. The summed E-state index contributed by atoms with van der Waals surface area (Å²) < 4.78 is 0. The van der Waals surface area contributed by atoms with Crippen LogP contribution in [0.5, 0.6) is 0 Å². The van der Waals surface area contributed by atoms with Gasteiger partial charge >= 0.3 is 0 Å². The highest BCUT2D eigenvalue weighted by atomic mass is 35.5. The minimum atomic E-state index is 0.461. The zero-order valence-electron chi connectivity index (χ0n) is 11.5. The van der Waals surface area contributed by atoms with Gasteiger partial charge in [0.2, 0.25) is 5.95 Å². The quantitative estimate of drug-likeness (QED) is 0.700. The molecule has 22 heavy (non-hydrogen) atoms. The Labute approximate surface area is 137 Å². The van der Waals surface area contributed by atoms with Crippen LogP contribution in [0.2, 0.25) is 5.15 Å². The lowest BCUT2D eigenvalue weighted by molar-refractivity contribution is 1.11. The molecule has 1 aliphatic heterocycles. The van der Waals surface area contributed by atoms with Crippen molar-refractivity contribution < 1.29 is 0 Å². The molecule has 2 aromatic heterocycles. The average Bonchev–Trinajstić information content (AvgIpc) is 2.57. The smallest absolute Gasteiger partial charge is 0.227 e. The van der Waals surface area contributed by atoms with Gasteiger partial charge in [-0.25, -0.2) is 15.0 Å². The largest absolute Gasteiger partial charge is 0.323 e. The summed E-state index contributed by atoms with van der Waals surface area (Å²) in [5.74, 6) is 1.46. The van der Waals surface area contributed by atoms with E-state index in [1.165, 1.54) is 4.90 Å². The SMILES string of the molecule is Clc1ccc(Nc2ncc3c(n2)-c2ccccc2SC3)cn1. The lowest BCUT2D eigenvalue weighted by Gasteiger charge is -2.18. The summed E-state index contributed by atoms with van der Waals surface area (Å²) in [6.07, 6.45) is 3.55. The maximum atomic E-state index is 5.79. The summed E-state index contributed by atoms with van der Waals surface area (Å²) in [5, 5.41) is 3.62. The van der Waals surface area contributed by atoms with Crippen LogP contribution in [0, 0.1) is 0 Å². The third kappa shape index (κ3) is 2.53. The van der Waals surface area contributed by atoms with Gasteiger partial charge in [-0.05, 0) is 18.2 Å². The number of thioether (sulfide) groups is 1. The van der Waals surface area contributed by atoms with Crippen LogP contribution < -0.4 is 5.32 Å². The molecule has 0 saturated carbocycles. The molecular formula is C16H11ClN4S. The van der Waals surface area contributed by atoms with Crippen LogP contribution in [0.25, 0.3) is 11.3 Å². The lowest BCUT2D eigenvalue weighted by Crippen LogP contribution is -2.04. The van der Waals surface area contributed by atoms with Crippen molar-refractivity contribution in [1.29, 1.82) is 0 Å². The fraction of sp³-hybridized carbons (Fsp3) is 0.0625. The molecule has 1 N–H and O–H groups in total. The van der Waals surface area contributed by atoms with Crippen molar-refractivity contribution in [3.63, 3.8) is 0 Å². The zero-order chi connectivity index (χ0) is 14.9. The van der Waals surface area contributed by atoms with Crippen molar-refractivity contribution in [2.45, 2.75) is 10.6 Å². The summed E-state index contributed by atoms with van der Waals surface area (Å²) >= 11 is 7.61. The third-order valence-electron chi connectivity index (χ3n) is 3.37. The molecule has 3 aromatic rings. The third-order valence-corrected chi connectivity index (χ3v) is 4.72. The van der Waals surface area contributed by atoms with Gasteiger partial charge in [0.1, 0.15) is 5.15 Å². The number of pyridine rings is 1. The minimum Gasteiger partial charge on any atom is -0.323 e. The Morgan fingerprint density at radius 3 is 2.82 bits per heavy atom. The second kappa shape index (κ2) is 5.59. The molecule has 4 nitrogen and oxygen atoms in total. The maximum Gasteiger partial charge on any atom is 0.227 e. The van der Waals surface area contributed by atoms with Crippen molar-refractivity contribution in [3.8, 4) is 11.3 Å². The molecule has 6 heteroatoms. The second-order valence-corrected chi connectivity index (χ2v) is 6.25. The molecule has 0 amide bonds. The van der Waals surface area contributed by atoms with Gasteiger partial charge in [-0.2, -0.15) is 0 Å². The summed E-state index contributed by atoms with van der Waals surface area (Å²) in [6.45, 7) is 0. The van der Waals surface area contributed by atoms with E-state index < -0.39 is 0 Å². The summed E-state index contributed by atoms with van der Waals surface area (Å²) in [7, 11) is 0. The molecule has 0 fully saturated rings. The van der Waals surface area contributed by atoms with Crippen molar-refractivity contribution in [2.24, 2.45) is 0 Å². The zero-order valence-corrected chi connectivity index (χ0v) is 13.0. The standard InChI is InChI=1S/C16H11ClN4S/c17-14-6-5-11(8-18-14)20-16-19-7-10-9-22-13-4-2-1-3-12(13)15(10)21-16/h1-8H,9H2,(H,19,20,21). The molecule has 0 bridgehead atoms. The molecule has 0 spiro atoms. The number of nitrogens with one attached hydrogen (secondary N) is 1. The molecule has 0 atom stereocenters. The van der Waals surface area contributed by atoms with Gasteiger partial charge in [-0.15, -0.1) is 11.8 Å². The van der Waals surface area contributed by atoms with Gasteiger partial charge in [-0.1, -0.05) is 29.8 Å². The number of anilines is 2. The number of nitrogens with zero attached hydrogens (tertiary/aromatic N) is 3. The van der Waals surface area contributed by atoms with Crippen LogP contribution in [0.4, 0.5) is 11.6 Å². The van der Waals surface area contributed by atoms with Gasteiger partial charge in [0.05, 0.1) is 17.6 Å². The molecule has 0 saturated heterocycles. The summed E-state index contributed by atoms with van der Waals surface area (Å²) in [4.78, 5) is 14.4. The van der Waals surface area contributed by atoms with E-state index in [1.54, 1.807) is 12.3 Å². The van der Waals surface area contributed by atoms with Crippen molar-refractivity contribution in [2.75, 3.05) is 5.32 Å². The molecule has 0 aliphatic carbocycles. The lowest BCUT2D eigenvalue weighted by atomic mass is 10.1. The van der Waals surface area contributed by atoms with Crippen molar-refractivity contribution in [1.82, 2.24) is 15.0 Å². The predicted octanol–water partition coefficient (Wildman–Crippen LogP) is 4.54. The van der Waals surface area contributed by atoms with E-state index in [2.05, 4.69) is 38.5 Å². The summed E-state index contributed by atoms with van der Waals surface area (Å²) in [5.41, 5.74) is 4.12. The van der Waals surface area contributed by atoms with Gasteiger partial charge in [0.25, 0.3) is 0 Å². The first kappa shape index (κ1) is 13.5. The molecular weight excluding hydrogens is 316 g/mol. The number of hydrogen-bond acceptors (Lipinski definition) is 5. The van der Waals surface area contributed by atoms with E-state index in [1.807, 2.05) is 30.1 Å². The number of aromatic nitrogens is 3. The van der Waals surface area contributed by atoms with Crippen LogP contribution in [0.3, 0.4) is 0 Å². The van der Waals surface area contributed by atoms with E-state index in [0.717, 1.165) is 28.3 Å². The fourth-order valence-electron chi connectivity index (χ4n) is 2.33. The second-order valence-electron chi connectivity index (χ2n) is 4.85. The maximum absolute atomic E-state index is 5.79. The highest BCUT2D eigenvalue weighted by Crippen LogP contribution is 2.40. The minimum absolute atomic E-state index is 0.461. The number of halogens is 1. The van der Waals surface area contributed by atoms with E-state index in [-0.39, 0.29) is 0 Å². The fourth-order valence-corrected chi connectivity index (χ4v) is 3.46. The highest BCUT2D eigenvalue weighted by molar-refractivity contribution is 7.98. The van der Waals surface area contributed by atoms with E-state index in [4.69, 9.17) is 11.6 Å². The van der Waals surface area contributed by atoms with Crippen LogP contribution in [0.1, 0.15) is 5.56 Å². The Hall–Kier alpha value is -2.11. The van der Waals surface area contributed by atoms with E-state index >= 15 is 0 Å². The van der Waals surface area contributed by atoms with Crippen LogP contribution in [-0.2, 0) is 5.75 Å². The van der Waals surface area contributed by atoms with E-state index in [0.29, 0.717) is 11.1 Å². The molecule has 108 valence electrons. The van der Waals surface area contributed by atoms with E-state index in [9.17, 15) is 0 Å². The van der Waals surface area contributed by atoms with Gasteiger partial charge < -0.3 is 5.32 Å². The van der Waals surface area contributed by atoms with Crippen molar-refractivity contribution >= 4 is 35.0 Å². The average molecular weight is 327 g/mol. The normalized spacial score (nSPS) is 12.4. The Balaban J connectivity index is 1.71. The van der Waals surface area contributed by atoms with Gasteiger partial charge in [0, 0.05) is 28.0 Å². The van der Waals surface area contributed by atoms with Crippen LogP contribution >= 0.6 is 23.4 Å². The molecule has 0 radical (unpaired) electrons. The van der Waals surface area contributed by atoms with Crippen molar-refractivity contribution in [3.05, 3.63) is 59.5 Å². The number of rotatable bonds is 2. The molecule has 1 aliphatic rings. The van der Waals surface area contributed by atoms with Crippen LogP contribution in [-0.4, -0.2) is 15.0 Å². The Bertz CT molecular complexity index is 836. The molecule has 1 aromatic carbocycles. The molecule has 0 unspecified atom stereocenters. The monoisotopic (exact) mass is 326 g/mol. The first-order valence-corrected chi connectivity index (χ1v) is 8.13. The first-order valence-electron chi connectivity index (χ1n) is 6.76.